The summed E-state index contributed by atoms with van der Waals surface area (Å²) in [5.74, 6) is 1.49. The van der Waals surface area contributed by atoms with Gasteiger partial charge < -0.3 is 9.84 Å². The van der Waals surface area contributed by atoms with Crippen molar-refractivity contribution in [2.75, 3.05) is 13.2 Å². The highest BCUT2D eigenvalue weighted by molar-refractivity contribution is 4.68. The smallest absolute Gasteiger partial charge is 0.0543 e. The highest BCUT2D eigenvalue weighted by Crippen LogP contribution is 2.19. The zero-order valence-electron chi connectivity index (χ0n) is 10.3. The van der Waals surface area contributed by atoms with Gasteiger partial charge in [-0.2, -0.15) is 0 Å². The monoisotopic (exact) mass is 202 g/mol. The molecule has 1 N–H and O–H groups in total. The molecule has 0 aromatic carbocycles. The first kappa shape index (κ1) is 13.9. The van der Waals surface area contributed by atoms with E-state index in [0.29, 0.717) is 17.8 Å². The van der Waals surface area contributed by atoms with Gasteiger partial charge in [-0.1, -0.05) is 27.7 Å². The molecule has 2 nitrogen and oxygen atoms in total. The molecule has 86 valence electrons. The SMILES string of the molecule is CC(C)COCCC(C(C)C)C(C)O. The standard InChI is InChI=1S/C12H26O2/c1-9(2)8-14-7-6-12(10(3)4)11(5)13/h9-13H,6-8H2,1-5H3. The molecule has 0 heterocycles. The highest BCUT2D eigenvalue weighted by Gasteiger charge is 2.18. The topological polar surface area (TPSA) is 29.5 Å². The van der Waals surface area contributed by atoms with E-state index in [-0.39, 0.29) is 6.10 Å². The quantitative estimate of drug-likeness (QED) is 0.643. The maximum Gasteiger partial charge on any atom is 0.0543 e. The summed E-state index contributed by atoms with van der Waals surface area (Å²) < 4.78 is 5.51. The fourth-order valence-corrected chi connectivity index (χ4v) is 1.67. The Morgan fingerprint density at radius 2 is 1.64 bits per heavy atom. The summed E-state index contributed by atoms with van der Waals surface area (Å²) >= 11 is 0. The summed E-state index contributed by atoms with van der Waals surface area (Å²) in [4.78, 5) is 0. The Morgan fingerprint density at radius 1 is 1.07 bits per heavy atom. The van der Waals surface area contributed by atoms with Crippen LogP contribution in [-0.2, 0) is 4.74 Å². The molecule has 0 saturated carbocycles. The van der Waals surface area contributed by atoms with Crippen LogP contribution in [0.5, 0.6) is 0 Å². The molecule has 0 radical (unpaired) electrons. The molecule has 0 aromatic heterocycles. The average molecular weight is 202 g/mol. The Kier molecular flexibility index (Phi) is 7.20. The number of ether oxygens (including phenoxy) is 1. The molecule has 0 rings (SSSR count). The minimum absolute atomic E-state index is 0.224. The van der Waals surface area contributed by atoms with Crippen molar-refractivity contribution >= 4 is 0 Å². The lowest BCUT2D eigenvalue weighted by Crippen LogP contribution is -2.24. The van der Waals surface area contributed by atoms with Gasteiger partial charge in [0.15, 0.2) is 0 Å². The van der Waals surface area contributed by atoms with Crippen molar-refractivity contribution in [3.63, 3.8) is 0 Å². The second-order valence-corrected chi connectivity index (χ2v) is 4.91. The molecule has 2 heteroatoms. The Morgan fingerprint density at radius 3 is 2.00 bits per heavy atom. The second-order valence-electron chi connectivity index (χ2n) is 4.91. The van der Waals surface area contributed by atoms with Gasteiger partial charge in [-0.05, 0) is 31.1 Å². The molecule has 0 spiro atoms. The van der Waals surface area contributed by atoms with Crippen LogP contribution in [0.1, 0.15) is 41.0 Å². The molecule has 0 bridgehead atoms. The number of aliphatic hydroxyl groups excluding tert-OH is 1. The van der Waals surface area contributed by atoms with Crippen molar-refractivity contribution in [1.29, 1.82) is 0 Å². The van der Waals surface area contributed by atoms with Gasteiger partial charge in [-0.3, -0.25) is 0 Å². The Hall–Kier alpha value is -0.0800. The van der Waals surface area contributed by atoms with Crippen LogP contribution >= 0.6 is 0 Å². The van der Waals surface area contributed by atoms with Crippen molar-refractivity contribution in [3.05, 3.63) is 0 Å². The average Bonchev–Trinajstić information content (AvgIpc) is 2.01. The summed E-state index contributed by atoms with van der Waals surface area (Å²) in [7, 11) is 0. The normalized spacial score (nSPS) is 16.3. The third-order valence-electron chi connectivity index (χ3n) is 2.52. The predicted octanol–water partition coefficient (Wildman–Crippen LogP) is 2.70. The fourth-order valence-electron chi connectivity index (χ4n) is 1.67. The van der Waals surface area contributed by atoms with E-state index < -0.39 is 0 Å². The fraction of sp³-hybridized carbons (Fsp3) is 1.00. The summed E-state index contributed by atoms with van der Waals surface area (Å²) in [6.07, 6.45) is 0.736. The van der Waals surface area contributed by atoms with Crippen LogP contribution in [0.15, 0.2) is 0 Å². The van der Waals surface area contributed by atoms with Gasteiger partial charge in [0.25, 0.3) is 0 Å². The lowest BCUT2D eigenvalue weighted by molar-refractivity contribution is 0.0477. The van der Waals surface area contributed by atoms with Crippen LogP contribution in [0.4, 0.5) is 0 Å². The molecular weight excluding hydrogens is 176 g/mol. The van der Waals surface area contributed by atoms with Gasteiger partial charge in [0.05, 0.1) is 6.10 Å². The first-order chi connectivity index (χ1) is 6.45. The predicted molar refractivity (Wildman–Crippen MR) is 60.3 cm³/mol. The van der Waals surface area contributed by atoms with Crippen LogP contribution in [-0.4, -0.2) is 24.4 Å². The van der Waals surface area contributed by atoms with Crippen molar-refractivity contribution in [3.8, 4) is 0 Å². The van der Waals surface area contributed by atoms with Crippen LogP contribution < -0.4 is 0 Å². The molecule has 0 fully saturated rings. The minimum Gasteiger partial charge on any atom is -0.393 e. The summed E-state index contributed by atoms with van der Waals surface area (Å²) in [6.45, 7) is 12.1. The number of aliphatic hydroxyl groups is 1. The minimum atomic E-state index is -0.224. The van der Waals surface area contributed by atoms with Crippen LogP contribution in [0.2, 0.25) is 0 Å². The van der Waals surface area contributed by atoms with Crippen molar-refractivity contribution in [2.45, 2.75) is 47.1 Å². The third kappa shape index (κ3) is 6.39. The van der Waals surface area contributed by atoms with Crippen molar-refractivity contribution in [2.24, 2.45) is 17.8 Å². The molecule has 2 atom stereocenters. The Labute approximate surface area is 88.7 Å². The van der Waals surface area contributed by atoms with E-state index in [2.05, 4.69) is 27.7 Å². The summed E-state index contributed by atoms with van der Waals surface area (Å²) in [5, 5.41) is 9.54. The largest absolute Gasteiger partial charge is 0.393 e. The summed E-state index contributed by atoms with van der Waals surface area (Å²) in [6, 6.07) is 0. The van der Waals surface area contributed by atoms with Gasteiger partial charge in [0, 0.05) is 13.2 Å². The molecule has 0 aliphatic heterocycles. The zero-order chi connectivity index (χ0) is 11.1. The lowest BCUT2D eigenvalue weighted by Gasteiger charge is -2.23. The Bertz CT molecular complexity index is 122. The van der Waals surface area contributed by atoms with E-state index in [1.807, 2.05) is 6.92 Å². The Balaban J connectivity index is 3.62. The molecule has 0 aliphatic rings. The molecule has 0 aromatic rings. The number of hydrogen-bond acceptors (Lipinski definition) is 2. The van der Waals surface area contributed by atoms with E-state index in [0.717, 1.165) is 19.6 Å². The highest BCUT2D eigenvalue weighted by atomic mass is 16.5. The third-order valence-corrected chi connectivity index (χ3v) is 2.52. The summed E-state index contributed by atoms with van der Waals surface area (Å²) in [5.41, 5.74) is 0. The molecule has 0 aliphatic carbocycles. The van der Waals surface area contributed by atoms with Gasteiger partial charge >= 0.3 is 0 Å². The zero-order valence-corrected chi connectivity index (χ0v) is 10.3. The van der Waals surface area contributed by atoms with Crippen molar-refractivity contribution < 1.29 is 9.84 Å². The van der Waals surface area contributed by atoms with Gasteiger partial charge in [0.1, 0.15) is 0 Å². The first-order valence-corrected chi connectivity index (χ1v) is 5.71. The van der Waals surface area contributed by atoms with Gasteiger partial charge in [-0.25, -0.2) is 0 Å². The van der Waals surface area contributed by atoms with E-state index >= 15 is 0 Å². The van der Waals surface area contributed by atoms with Crippen LogP contribution in [0, 0.1) is 17.8 Å². The molecule has 0 amide bonds. The second kappa shape index (κ2) is 7.24. The lowest BCUT2D eigenvalue weighted by atomic mass is 9.88. The molecule has 14 heavy (non-hydrogen) atoms. The van der Waals surface area contributed by atoms with E-state index in [1.165, 1.54) is 0 Å². The van der Waals surface area contributed by atoms with E-state index in [1.54, 1.807) is 0 Å². The molecule has 0 saturated heterocycles. The molecular formula is C12H26O2. The first-order valence-electron chi connectivity index (χ1n) is 5.71. The maximum absolute atomic E-state index is 9.54. The van der Waals surface area contributed by atoms with Crippen LogP contribution in [0.25, 0.3) is 0 Å². The van der Waals surface area contributed by atoms with E-state index in [9.17, 15) is 5.11 Å². The van der Waals surface area contributed by atoms with Crippen molar-refractivity contribution in [1.82, 2.24) is 0 Å². The number of rotatable bonds is 7. The number of hydrogen-bond donors (Lipinski definition) is 1. The maximum atomic E-state index is 9.54. The van der Waals surface area contributed by atoms with E-state index in [4.69, 9.17) is 4.74 Å². The van der Waals surface area contributed by atoms with Crippen LogP contribution in [0.3, 0.4) is 0 Å². The molecule has 2 unspecified atom stereocenters. The van der Waals surface area contributed by atoms with Gasteiger partial charge in [0.2, 0.25) is 0 Å². The van der Waals surface area contributed by atoms with Gasteiger partial charge in [-0.15, -0.1) is 0 Å².